The summed E-state index contributed by atoms with van der Waals surface area (Å²) < 4.78 is 2.15. The Labute approximate surface area is 170 Å². The molecular formula is C22H26N4OS. The Kier molecular flexibility index (Phi) is 6.29. The van der Waals surface area contributed by atoms with Gasteiger partial charge in [0.1, 0.15) is 0 Å². The highest BCUT2D eigenvalue weighted by Crippen LogP contribution is 2.21. The maximum Gasteiger partial charge on any atom is 0.237 e. The van der Waals surface area contributed by atoms with Crippen LogP contribution in [-0.4, -0.2) is 45.7 Å². The van der Waals surface area contributed by atoms with Gasteiger partial charge in [-0.2, -0.15) is 0 Å². The number of nitrogens with one attached hydrogen (secondary N) is 1. The molecule has 1 saturated heterocycles. The minimum absolute atomic E-state index is 0.0246. The van der Waals surface area contributed by atoms with Crippen LogP contribution in [0.2, 0.25) is 0 Å². The summed E-state index contributed by atoms with van der Waals surface area (Å²) in [6.07, 6.45) is 3.90. The number of thioether (sulfide) groups is 1. The first-order chi connectivity index (χ1) is 13.8. The zero-order chi connectivity index (χ0) is 19.2. The number of piperidine rings is 1. The highest BCUT2D eigenvalue weighted by atomic mass is 32.2. The minimum atomic E-state index is -0.0246. The molecule has 0 aliphatic carbocycles. The fourth-order valence-electron chi connectivity index (χ4n) is 3.65. The van der Waals surface area contributed by atoms with E-state index in [0.29, 0.717) is 11.7 Å². The van der Waals surface area contributed by atoms with Crippen molar-refractivity contribution in [3.05, 3.63) is 54.6 Å². The number of carbonyl (C=O) groups excluding carboxylic acids is 1. The molecule has 0 spiro atoms. The van der Waals surface area contributed by atoms with Crippen molar-refractivity contribution in [2.75, 3.05) is 30.7 Å². The highest BCUT2D eigenvalue weighted by Gasteiger charge is 2.15. The van der Waals surface area contributed by atoms with Crippen LogP contribution >= 0.6 is 11.8 Å². The monoisotopic (exact) mass is 394 g/mol. The van der Waals surface area contributed by atoms with E-state index in [-0.39, 0.29) is 5.91 Å². The van der Waals surface area contributed by atoms with Crippen molar-refractivity contribution >= 4 is 34.7 Å². The van der Waals surface area contributed by atoms with Gasteiger partial charge < -0.3 is 9.47 Å². The SMILES string of the molecule is O=C(CSc1ccccc1)Nc1nc2ccccc2n1CCN1CCCCC1. The van der Waals surface area contributed by atoms with Crippen molar-refractivity contribution in [2.45, 2.75) is 30.7 Å². The van der Waals surface area contributed by atoms with Crippen molar-refractivity contribution in [3.8, 4) is 0 Å². The van der Waals surface area contributed by atoms with E-state index in [0.717, 1.165) is 29.0 Å². The molecule has 3 aromatic rings. The van der Waals surface area contributed by atoms with Gasteiger partial charge in [0.25, 0.3) is 0 Å². The summed E-state index contributed by atoms with van der Waals surface area (Å²) in [7, 11) is 0. The number of carbonyl (C=O) groups is 1. The predicted molar refractivity (Wildman–Crippen MR) is 116 cm³/mol. The Hall–Kier alpha value is -2.31. The van der Waals surface area contributed by atoms with Crippen LogP contribution < -0.4 is 5.32 Å². The van der Waals surface area contributed by atoms with Crippen LogP contribution in [0.5, 0.6) is 0 Å². The lowest BCUT2D eigenvalue weighted by atomic mass is 10.1. The molecule has 0 bridgehead atoms. The molecule has 1 aliphatic rings. The molecular weight excluding hydrogens is 368 g/mol. The van der Waals surface area contributed by atoms with Crippen LogP contribution in [0.25, 0.3) is 11.0 Å². The molecule has 5 nitrogen and oxygen atoms in total. The van der Waals surface area contributed by atoms with Gasteiger partial charge in [-0.1, -0.05) is 36.8 Å². The first kappa shape index (κ1) is 19.0. The lowest BCUT2D eigenvalue weighted by Gasteiger charge is -2.26. The minimum Gasteiger partial charge on any atom is -0.309 e. The number of para-hydroxylation sites is 2. The summed E-state index contributed by atoms with van der Waals surface area (Å²) in [5.74, 6) is 1.000. The molecule has 146 valence electrons. The maximum atomic E-state index is 12.5. The lowest BCUT2D eigenvalue weighted by molar-refractivity contribution is -0.113. The van der Waals surface area contributed by atoms with Crippen LogP contribution in [-0.2, 0) is 11.3 Å². The highest BCUT2D eigenvalue weighted by molar-refractivity contribution is 8.00. The predicted octanol–water partition coefficient (Wildman–Crippen LogP) is 4.25. The zero-order valence-electron chi connectivity index (χ0n) is 16.0. The number of anilines is 1. The van der Waals surface area contributed by atoms with Crippen LogP contribution in [0.15, 0.2) is 59.5 Å². The number of benzene rings is 2. The fourth-order valence-corrected chi connectivity index (χ4v) is 4.37. The molecule has 0 atom stereocenters. The summed E-state index contributed by atoms with van der Waals surface area (Å²) >= 11 is 1.54. The van der Waals surface area contributed by atoms with Gasteiger partial charge in [0.15, 0.2) is 0 Å². The average molecular weight is 395 g/mol. The van der Waals surface area contributed by atoms with Crippen LogP contribution in [0.1, 0.15) is 19.3 Å². The van der Waals surface area contributed by atoms with E-state index in [9.17, 15) is 4.79 Å². The quantitative estimate of drug-likeness (QED) is 0.609. The van der Waals surface area contributed by atoms with E-state index in [1.807, 2.05) is 48.5 Å². The van der Waals surface area contributed by atoms with Crippen LogP contribution in [0.3, 0.4) is 0 Å². The van der Waals surface area contributed by atoms with Gasteiger partial charge >= 0.3 is 0 Å². The summed E-state index contributed by atoms with van der Waals surface area (Å²) in [4.78, 5) is 20.8. The Morgan fingerprint density at radius 2 is 1.71 bits per heavy atom. The summed E-state index contributed by atoms with van der Waals surface area (Å²) in [5.41, 5.74) is 2.00. The normalized spacial score (nSPS) is 15.0. The Bertz CT molecular complexity index is 919. The molecule has 0 unspecified atom stereocenters. The van der Waals surface area contributed by atoms with Gasteiger partial charge in [-0.15, -0.1) is 11.8 Å². The van der Waals surface area contributed by atoms with Crippen molar-refractivity contribution in [2.24, 2.45) is 0 Å². The van der Waals surface area contributed by atoms with E-state index in [4.69, 9.17) is 0 Å². The van der Waals surface area contributed by atoms with E-state index >= 15 is 0 Å². The van der Waals surface area contributed by atoms with E-state index in [1.54, 1.807) is 0 Å². The van der Waals surface area contributed by atoms with Gasteiger partial charge in [0.2, 0.25) is 11.9 Å². The number of amides is 1. The molecule has 1 aromatic heterocycles. The number of fused-ring (bicyclic) bond motifs is 1. The van der Waals surface area contributed by atoms with Crippen LogP contribution in [0.4, 0.5) is 5.95 Å². The third-order valence-corrected chi connectivity index (χ3v) is 6.12. The zero-order valence-corrected chi connectivity index (χ0v) is 16.8. The third-order valence-electron chi connectivity index (χ3n) is 5.11. The number of likely N-dealkylation sites (tertiary alicyclic amines) is 1. The van der Waals surface area contributed by atoms with E-state index in [2.05, 4.69) is 25.8 Å². The molecule has 0 radical (unpaired) electrons. The van der Waals surface area contributed by atoms with Crippen molar-refractivity contribution in [1.82, 2.24) is 14.5 Å². The molecule has 6 heteroatoms. The molecule has 1 aliphatic heterocycles. The smallest absolute Gasteiger partial charge is 0.237 e. The largest absolute Gasteiger partial charge is 0.309 e. The molecule has 1 N–H and O–H groups in total. The van der Waals surface area contributed by atoms with Gasteiger partial charge in [-0.05, 0) is 50.2 Å². The van der Waals surface area contributed by atoms with Crippen molar-refractivity contribution in [3.63, 3.8) is 0 Å². The van der Waals surface area contributed by atoms with Gasteiger partial charge in [0.05, 0.1) is 16.8 Å². The number of imidazole rings is 1. The number of hydrogen-bond acceptors (Lipinski definition) is 4. The summed E-state index contributed by atoms with van der Waals surface area (Å²) in [6.45, 7) is 4.16. The molecule has 4 rings (SSSR count). The molecule has 1 fully saturated rings. The molecule has 0 saturated carbocycles. The van der Waals surface area contributed by atoms with E-state index in [1.165, 1.54) is 44.1 Å². The molecule has 1 amide bonds. The second kappa shape index (κ2) is 9.26. The van der Waals surface area contributed by atoms with Gasteiger partial charge in [-0.3, -0.25) is 10.1 Å². The Balaban J connectivity index is 1.45. The molecule has 2 aromatic carbocycles. The average Bonchev–Trinajstić information content (AvgIpc) is 3.09. The molecule has 2 heterocycles. The first-order valence-electron chi connectivity index (χ1n) is 9.95. The van der Waals surface area contributed by atoms with Gasteiger partial charge in [-0.25, -0.2) is 4.98 Å². The lowest BCUT2D eigenvalue weighted by Crippen LogP contribution is -2.33. The summed E-state index contributed by atoms with van der Waals surface area (Å²) in [6, 6.07) is 18.1. The maximum absolute atomic E-state index is 12.5. The van der Waals surface area contributed by atoms with Crippen molar-refractivity contribution < 1.29 is 4.79 Å². The number of rotatable bonds is 7. The Morgan fingerprint density at radius 1 is 0.964 bits per heavy atom. The van der Waals surface area contributed by atoms with Crippen LogP contribution in [0, 0.1) is 0 Å². The van der Waals surface area contributed by atoms with E-state index < -0.39 is 0 Å². The van der Waals surface area contributed by atoms with Crippen molar-refractivity contribution in [1.29, 1.82) is 0 Å². The number of nitrogens with zero attached hydrogens (tertiary/aromatic N) is 3. The second-order valence-electron chi connectivity index (χ2n) is 7.13. The number of aromatic nitrogens is 2. The fraction of sp³-hybridized carbons (Fsp3) is 0.364. The molecule has 28 heavy (non-hydrogen) atoms. The second-order valence-corrected chi connectivity index (χ2v) is 8.18. The topological polar surface area (TPSA) is 50.2 Å². The standard InChI is InChI=1S/C22H26N4OS/c27-21(17-28-18-9-3-1-4-10-18)24-22-23-19-11-5-6-12-20(19)26(22)16-15-25-13-7-2-8-14-25/h1,3-6,9-12H,2,7-8,13-17H2,(H,23,24,27). The summed E-state index contributed by atoms with van der Waals surface area (Å²) in [5, 5.41) is 3.03. The number of hydrogen-bond donors (Lipinski definition) is 1. The third kappa shape index (κ3) is 4.75. The van der Waals surface area contributed by atoms with Gasteiger partial charge in [0, 0.05) is 18.0 Å². The first-order valence-corrected chi connectivity index (χ1v) is 10.9. The Morgan fingerprint density at radius 3 is 2.54 bits per heavy atom.